The summed E-state index contributed by atoms with van der Waals surface area (Å²) in [5.41, 5.74) is 0. The molecule has 80 valence electrons. The highest BCUT2D eigenvalue weighted by Gasteiger charge is 1.93. The zero-order valence-electron chi connectivity index (χ0n) is 9.77. The fourth-order valence-electron chi connectivity index (χ4n) is 1.28. The van der Waals surface area contributed by atoms with Crippen LogP contribution < -0.4 is 5.32 Å². The molecule has 0 bridgehead atoms. The fourth-order valence-corrected chi connectivity index (χ4v) is 1.28. The molecule has 0 aromatic rings. The van der Waals surface area contributed by atoms with E-state index in [1.165, 1.54) is 32.4 Å². The number of rotatable bonds is 8. The van der Waals surface area contributed by atoms with Gasteiger partial charge in [-0.3, -0.25) is 0 Å². The first-order valence-corrected chi connectivity index (χ1v) is 5.48. The van der Waals surface area contributed by atoms with Crippen molar-refractivity contribution < 1.29 is 0 Å². The van der Waals surface area contributed by atoms with Crippen LogP contribution in [-0.2, 0) is 0 Å². The number of hydrogen-bond acceptors (Lipinski definition) is 2. The van der Waals surface area contributed by atoms with Crippen LogP contribution in [0.4, 0.5) is 0 Å². The molecule has 2 heteroatoms. The van der Waals surface area contributed by atoms with E-state index in [1.807, 2.05) is 0 Å². The van der Waals surface area contributed by atoms with Gasteiger partial charge < -0.3 is 10.2 Å². The van der Waals surface area contributed by atoms with Gasteiger partial charge in [0.15, 0.2) is 0 Å². The molecule has 0 heterocycles. The van der Waals surface area contributed by atoms with Crippen molar-refractivity contribution in [3.63, 3.8) is 0 Å². The molecule has 0 atom stereocenters. The average Bonchev–Trinajstić information content (AvgIpc) is 2.01. The molecular formula is C11H26N2. The third kappa shape index (κ3) is 11.9. The SMILES string of the molecule is CC(C)CCCNCCCN(C)C. The molecule has 0 spiro atoms. The van der Waals surface area contributed by atoms with Gasteiger partial charge in [0.05, 0.1) is 0 Å². The van der Waals surface area contributed by atoms with Crippen molar-refractivity contribution in [3.05, 3.63) is 0 Å². The second-order valence-corrected chi connectivity index (χ2v) is 4.44. The Hall–Kier alpha value is -0.0800. The number of hydrogen-bond donors (Lipinski definition) is 1. The van der Waals surface area contributed by atoms with Crippen molar-refractivity contribution in [3.8, 4) is 0 Å². The second-order valence-electron chi connectivity index (χ2n) is 4.44. The highest BCUT2D eigenvalue weighted by atomic mass is 15.0. The average molecular weight is 186 g/mol. The van der Waals surface area contributed by atoms with Crippen LogP contribution in [0, 0.1) is 5.92 Å². The molecule has 2 nitrogen and oxygen atoms in total. The standard InChI is InChI=1S/C11H26N2/c1-11(2)7-5-8-12-9-6-10-13(3)4/h11-12H,5-10H2,1-4H3. The maximum atomic E-state index is 3.47. The molecule has 0 unspecified atom stereocenters. The van der Waals surface area contributed by atoms with Gasteiger partial charge in [-0.25, -0.2) is 0 Å². The summed E-state index contributed by atoms with van der Waals surface area (Å²) in [7, 11) is 4.25. The molecule has 0 aliphatic rings. The Balaban J connectivity index is 2.92. The third-order valence-electron chi connectivity index (χ3n) is 2.09. The third-order valence-corrected chi connectivity index (χ3v) is 2.09. The molecule has 1 N–H and O–H groups in total. The summed E-state index contributed by atoms with van der Waals surface area (Å²) in [6.45, 7) is 8.11. The van der Waals surface area contributed by atoms with E-state index in [0.717, 1.165) is 12.5 Å². The highest BCUT2D eigenvalue weighted by molar-refractivity contribution is 4.52. The van der Waals surface area contributed by atoms with E-state index in [4.69, 9.17) is 0 Å². The summed E-state index contributed by atoms with van der Waals surface area (Å²) in [5, 5.41) is 3.47. The Labute approximate surface area is 83.7 Å². The summed E-state index contributed by atoms with van der Waals surface area (Å²) in [6, 6.07) is 0. The first-order valence-electron chi connectivity index (χ1n) is 5.48. The minimum Gasteiger partial charge on any atom is -0.317 e. The predicted molar refractivity (Wildman–Crippen MR) is 60.1 cm³/mol. The van der Waals surface area contributed by atoms with Gasteiger partial charge in [-0.05, 0) is 58.9 Å². The van der Waals surface area contributed by atoms with Crippen molar-refractivity contribution in [2.24, 2.45) is 5.92 Å². The lowest BCUT2D eigenvalue weighted by atomic mass is 10.1. The van der Waals surface area contributed by atoms with E-state index in [2.05, 4.69) is 38.2 Å². The van der Waals surface area contributed by atoms with Crippen molar-refractivity contribution in [2.75, 3.05) is 33.7 Å². The monoisotopic (exact) mass is 186 g/mol. The second kappa shape index (κ2) is 8.52. The van der Waals surface area contributed by atoms with Crippen molar-refractivity contribution in [1.29, 1.82) is 0 Å². The summed E-state index contributed by atoms with van der Waals surface area (Å²) in [6.07, 6.45) is 3.93. The molecule has 0 aromatic carbocycles. The molecule has 13 heavy (non-hydrogen) atoms. The minimum absolute atomic E-state index is 0.851. The van der Waals surface area contributed by atoms with Gasteiger partial charge in [0.25, 0.3) is 0 Å². The molecule has 0 radical (unpaired) electrons. The van der Waals surface area contributed by atoms with Gasteiger partial charge in [-0.2, -0.15) is 0 Å². The van der Waals surface area contributed by atoms with Crippen LogP contribution in [0.2, 0.25) is 0 Å². The van der Waals surface area contributed by atoms with Crippen LogP contribution in [0.1, 0.15) is 33.1 Å². The smallest absolute Gasteiger partial charge is 0.00127 e. The molecule has 0 rings (SSSR count). The quantitative estimate of drug-likeness (QED) is 0.583. The molecule has 0 fully saturated rings. The summed E-state index contributed by atoms with van der Waals surface area (Å²) in [5.74, 6) is 0.851. The molecular weight excluding hydrogens is 160 g/mol. The topological polar surface area (TPSA) is 15.3 Å². The first kappa shape index (κ1) is 12.9. The van der Waals surface area contributed by atoms with E-state index in [0.29, 0.717) is 0 Å². The fraction of sp³-hybridized carbons (Fsp3) is 1.00. The van der Waals surface area contributed by atoms with Crippen molar-refractivity contribution in [2.45, 2.75) is 33.1 Å². The largest absolute Gasteiger partial charge is 0.317 e. The van der Waals surface area contributed by atoms with E-state index in [1.54, 1.807) is 0 Å². The Morgan fingerprint density at radius 3 is 2.23 bits per heavy atom. The van der Waals surface area contributed by atoms with Gasteiger partial charge in [-0.15, -0.1) is 0 Å². The van der Waals surface area contributed by atoms with Crippen molar-refractivity contribution >= 4 is 0 Å². The molecule has 0 saturated carbocycles. The van der Waals surface area contributed by atoms with Crippen LogP contribution >= 0.6 is 0 Å². The first-order chi connectivity index (χ1) is 6.13. The lowest BCUT2D eigenvalue weighted by Crippen LogP contribution is -2.22. The zero-order valence-corrected chi connectivity index (χ0v) is 9.77. The van der Waals surface area contributed by atoms with E-state index in [9.17, 15) is 0 Å². The Morgan fingerprint density at radius 1 is 1.08 bits per heavy atom. The van der Waals surface area contributed by atoms with Gasteiger partial charge in [0.1, 0.15) is 0 Å². The molecule has 0 aliphatic carbocycles. The van der Waals surface area contributed by atoms with E-state index >= 15 is 0 Å². The lowest BCUT2D eigenvalue weighted by Gasteiger charge is -2.10. The van der Waals surface area contributed by atoms with E-state index < -0.39 is 0 Å². The number of nitrogens with zero attached hydrogens (tertiary/aromatic N) is 1. The van der Waals surface area contributed by atoms with Crippen LogP contribution in [0.3, 0.4) is 0 Å². The van der Waals surface area contributed by atoms with Crippen LogP contribution in [-0.4, -0.2) is 38.6 Å². The molecule has 0 aliphatic heterocycles. The summed E-state index contributed by atoms with van der Waals surface area (Å²) >= 11 is 0. The Bertz CT molecular complexity index is 88.3. The maximum Gasteiger partial charge on any atom is -0.00127 e. The lowest BCUT2D eigenvalue weighted by molar-refractivity contribution is 0.393. The van der Waals surface area contributed by atoms with Gasteiger partial charge in [-0.1, -0.05) is 13.8 Å². The highest BCUT2D eigenvalue weighted by Crippen LogP contribution is 2.01. The minimum atomic E-state index is 0.851. The van der Waals surface area contributed by atoms with Gasteiger partial charge in [0, 0.05) is 0 Å². The maximum absolute atomic E-state index is 3.47. The van der Waals surface area contributed by atoms with Gasteiger partial charge >= 0.3 is 0 Å². The van der Waals surface area contributed by atoms with Crippen LogP contribution in [0.25, 0.3) is 0 Å². The summed E-state index contributed by atoms with van der Waals surface area (Å²) in [4.78, 5) is 2.23. The Kier molecular flexibility index (Phi) is 8.46. The van der Waals surface area contributed by atoms with Crippen LogP contribution in [0.15, 0.2) is 0 Å². The predicted octanol–water partition coefficient (Wildman–Crippen LogP) is 1.96. The molecule has 0 aromatic heterocycles. The van der Waals surface area contributed by atoms with Gasteiger partial charge in [0.2, 0.25) is 0 Å². The van der Waals surface area contributed by atoms with Crippen molar-refractivity contribution in [1.82, 2.24) is 10.2 Å². The Morgan fingerprint density at radius 2 is 1.69 bits per heavy atom. The molecule has 0 saturated heterocycles. The summed E-state index contributed by atoms with van der Waals surface area (Å²) < 4.78 is 0. The normalized spacial score (nSPS) is 11.5. The van der Waals surface area contributed by atoms with E-state index in [-0.39, 0.29) is 0 Å². The van der Waals surface area contributed by atoms with Crippen LogP contribution in [0.5, 0.6) is 0 Å². The number of nitrogens with one attached hydrogen (secondary N) is 1. The zero-order chi connectivity index (χ0) is 10.1. The molecule has 0 amide bonds.